The highest BCUT2D eigenvalue weighted by atomic mass is 16.3. The summed E-state index contributed by atoms with van der Waals surface area (Å²) in [5.74, 6) is 0.647. The lowest BCUT2D eigenvalue weighted by molar-refractivity contribution is 0.0475. The van der Waals surface area contributed by atoms with Crippen LogP contribution in [0.1, 0.15) is 48.1 Å². The lowest BCUT2D eigenvalue weighted by atomic mass is 9.95. The number of H-pyrrole nitrogens is 1. The Labute approximate surface area is 163 Å². The largest absolute Gasteiger partial charge is 0.386 e. The van der Waals surface area contributed by atoms with E-state index < -0.39 is 6.10 Å². The van der Waals surface area contributed by atoms with Gasteiger partial charge in [-0.2, -0.15) is 5.10 Å². The van der Waals surface area contributed by atoms with Crippen molar-refractivity contribution in [2.45, 2.75) is 39.8 Å². The predicted molar refractivity (Wildman–Crippen MR) is 105 cm³/mol. The fraction of sp³-hybridized carbons (Fsp3) is 0.500. The van der Waals surface area contributed by atoms with E-state index in [0.717, 1.165) is 42.7 Å². The highest BCUT2D eigenvalue weighted by Gasteiger charge is 2.31. The van der Waals surface area contributed by atoms with Gasteiger partial charge in [0.15, 0.2) is 0 Å². The molecule has 2 aromatic heterocycles. The van der Waals surface area contributed by atoms with Crippen LogP contribution in [0.4, 0.5) is 0 Å². The molecule has 1 saturated heterocycles. The van der Waals surface area contributed by atoms with E-state index in [1.807, 2.05) is 50.1 Å². The molecule has 0 saturated carbocycles. The highest BCUT2D eigenvalue weighted by molar-refractivity contribution is 5.98. The van der Waals surface area contributed by atoms with Gasteiger partial charge in [-0.3, -0.25) is 14.6 Å². The number of aliphatic hydroxyl groups excluding tert-OH is 1. The molecule has 0 aliphatic carbocycles. The van der Waals surface area contributed by atoms with Gasteiger partial charge >= 0.3 is 0 Å². The molecule has 3 aromatic rings. The molecule has 148 valence electrons. The van der Waals surface area contributed by atoms with E-state index in [9.17, 15) is 9.90 Å². The summed E-state index contributed by atoms with van der Waals surface area (Å²) >= 11 is 0. The number of hydrogen-bond acceptors (Lipinski definition) is 5. The van der Waals surface area contributed by atoms with Gasteiger partial charge in [0.1, 0.15) is 11.8 Å². The van der Waals surface area contributed by atoms with Crippen molar-refractivity contribution >= 4 is 16.8 Å². The first-order valence-electron chi connectivity index (χ1n) is 9.74. The molecule has 8 heteroatoms. The van der Waals surface area contributed by atoms with Crippen molar-refractivity contribution in [2.24, 2.45) is 11.8 Å². The molecule has 4 rings (SSSR count). The maximum absolute atomic E-state index is 12.7. The summed E-state index contributed by atoms with van der Waals surface area (Å²) in [6, 6.07) is 5.65. The van der Waals surface area contributed by atoms with Crippen LogP contribution in [0.25, 0.3) is 10.9 Å². The second-order valence-electron chi connectivity index (χ2n) is 8.04. The number of carbonyl (C=O) groups excluding carboxylic acids is 1. The Kier molecular flexibility index (Phi) is 4.89. The molecule has 2 N–H and O–H groups in total. The molecule has 0 radical (unpaired) electrons. The lowest BCUT2D eigenvalue weighted by Gasteiger charge is -2.39. The van der Waals surface area contributed by atoms with E-state index in [2.05, 4.69) is 20.5 Å². The van der Waals surface area contributed by atoms with Crippen LogP contribution in [-0.2, 0) is 6.54 Å². The summed E-state index contributed by atoms with van der Waals surface area (Å²) in [4.78, 5) is 14.6. The maximum atomic E-state index is 12.7. The predicted octanol–water partition coefficient (Wildman–Crippen LogP) is 2.31. The number of nitrogens with zero attached hydrogens (tertiary/aromatic N) is 5. The number of hydrogen-bond donors (Lipinski definition) is 2. The number of aliphatic hydroxyl groups is 1. The van der Waals surface area contributed by atoms with E-state index in [-0.39, 0.29) is 11.8 Å². The first-order valence-corrected chi connectivity index (χ1v) is 9.74. The molecular weight excluding hydrogens is 356 g/mol. The molecule has 1 amide bonds. The average molecular weight is 382 g/mol. The summed E-state index contributed by atoms with van der Waals surface area (Å²) < 4.78 is 1.78. The number of carbonyl (C=O) groups is 1. The number of amides is 1. The van der Waals surface area contributed by atoms with Crippen molar-refractivity contribution in [2.75, 3.05) is 13.1 Å². The van der Waals surface area contributed by atoms with Gasteiger partial charge in [0, 0.05) is 36.3 Å². The minimum Gasteiger partial charge on any atom is -0.386 e. The molecular formula is C20H26N6O2. The van der Waals surface area contributed by atoms with Crippen molar-refractivity contribution < 1.29 is 9.90 Å². The molecule has 1 aromatic carbocycles. The number of nitrogens with one attached hydrogen (secondary N) is 1. The van der Waals surface area contributed by atoms with Gasteiger partial charge in [-0.15, -0.1) is 5.10 Å². The van der Waals surface area contributed by atoms with E-state index in [4.69, 9.17) is 0 Å². The van der Waals surface area contributed by atoms with Crippen molar-refractivity contribution in [3.8, 4) is 0 Å². The molecule has 0 spiro atoms. The fourth-order valence-corrected chi connectivity index (χ4v) is 3.59. The summed E-state index contributed by atoms with van der Waals surface area (Å²) in [5, 5.41) is 26.4. The molecule has 3 heterocycles. The number of aromatic amines is 1. The minimum absolute atomic E-state index is 0.0712. The number of benzene rings is 1. The van der Waals surface area contributed by atoms with Crippen LogP contribution < -0.4 is 0 Å². The van der Waals surface area contributed by atoms with Gasteiger partial charge in [0.2, 0.25) is 0 Å². The highest BCUT2D eigenvalue weighted by Crippen LogP contribution is 2.25. The fourth-order valence-electron chi connectivity index (χ4n) is 3.59. The third-order valence-corrected chi connectivity index (χ3v) is 5.49. The summed E-state index contributed by atoms with van der Waals surface area (Å²) in [5.41, 5.74) is 3.18. The SMILES string of the molecule is Cc1[nH]nc2ccc(C(=O)N3CC(CCn4cc(C(O)C(C)C)nn4)C3)cc12. The molecule has 1 unspecified atom stereocenters. The van der Waals surface area contributed by atoms with Gasteiger partial charge in [-0.1, -0.05) is 19.1 Å². The van der Waals surface area contributed by atoms with Crippen molar-refractivity contribution in [1.82, 2.24) is 30.1 Å². The monoisotopic (exact) mass is 382 g/mol. The van der Waals surface area contributed by atoms with Crippen molar-refractivity contribution in [3.63, 3.8) is 0 Å². The van der Waals surface area contributed by atoms with E-state index >= 15 is 0 Å². The van der Waals surface area contributed by atoms with Crippen molar-refractivity contribution in [1.29, 1.82) is 0 Å². The normalized spacial score (nSPS) is 16.0. The smallest absolute Gasteiger partial charge is 0.253 e. The Balaban J connectivity index is 1.29. The zero-order chi connectivity index (χ0) is 19.8. The zero-order valence-electron chi connectivity index (χ0n) is 16.5. The second kappa shape index (κ2) is 7.35. The first-order chi connectivity index (χ1) is 13.4. The van der Waals surface area contributed by atoms with Gasteiger partial charge in [0.05, 0.1) is 11.7 Å². The second-order valence-corrected chi connectivity index (χ2v) is 8.04. The summed E-state index contributed by atoms with van der Waals surface area (Å²) in [6.07, 6.45) is 2.17. The van der Waals surface area contributed by atoms with Crippen LogP contribution >= 0.6 is 0 Å². The average Bonchev–Trinajstić information content (AvgIpc) is 3.26. The van der Waals surface area contributed by atoms with Gasteiger partial charge in [-0.05, 0) is 43.4 Å². The first kappa shape index (κ1) is 18.6. The quantitative estimate of drug-likeness (QED) is 0.681. The van der Waals surface area contributed by atoms with Gasteiger partial charge in [-0.25, -0.2) is 0 Å². The Hall–Kier alpha value is -2.74. The standard InChI is InChI=1S/C20H26N6O2/c1-12(2)19(27)18-11-26(24-23-18)7-6-14-9-25(10-14)20(28)15-4-5-17-16(8-15)13(3)21-22-17/h4-5,8,11-12,14,19,27H,6-7,9-10H2,1-3H3,(H,21,22). The third-order valence-electron chi connectivity index (χ3n) is 5.49. The summed E-state index contributed by atoms with van der Waals surface area (Å²) in [6.45, 7) is 8.13. The van der Waals surface area contributed by atoms with Gasteiger partial charge < -0.3 is 10.0 Å². The zero-order valence-corrected chi connectivity index (χ0v) is 16.5. The van der Waals surface area contributed by atoms with Crippen LogP contribution in [-0.4, -0.2) is 54.2 Å². The third kappa shape index (κ3) is 3.52. The van der Waals surface area contributed by atoms with E-state index in [1.165, 1.54) is 0 Å². The molecule has 1 aliphatic heterocycles. The van der Waals surface area contributed by atoms with Crippen LogP contribution in [0.15, 0.2) is 24.4 Å². The molecule has 1 aliphatic rings. The minimum atomic E-state index is -0.582. The Morgan fingerprint density at radius 3 is 2.89 bits per heavy atom. The van der Waals surface area contributed by atoms with Crippen LogP contribution in [0, 0.1) is 18.8 Å². The van der Waals surface area contributed by atoms with Gasteiger partial charge in [0.25, 0.3) is 5.91 Å². The van der Waals surface area contributed by atoms with E-state index in [0.29, 0.717) is 17.2 Å². The molecule has 8 nitrogen and oxygen atoms in total. The number of likely N-dealkylation sites (tertiary alicyclic amines) is 1. The van der Waals surface area contributed by atoms with Crippen molar-refractivity contribution in [3.05, 3.63) is 41.3 Å². The molecule has 28 heavy (non-hydrogen) atoms. The van der Waals surface area contributed by atoms with Crippen LogP contribution in [0.5, 0.6) is 0 Å². The maximum Gasteiger partial charge on any atom is 0.253 e. The van der Waals surface area contributed by atoms with Crippen LogP contribution in [0.3, 0.4) is 0 Å². The number of fused-ring (bicyclic) bond motifs is 1. The number of rotatable bonds is 6. The topological polar surface area (TPSA) is 99.9 Å². The molecule has 1 atom stereocenters. The number of aryl methyl sites for hydroxylation is 2. The molecule has 1 fully saturated rings. The molecule has 0 bridgehead atoms. The summed E-state index contributed by atoms with van der Waals surface area (Å²) in [7, 11) is 0. The van der Waals surface area contributed by atoms with Crippen LogP contribution in [0.2, 0.25) is 0 Å². The Bertz CT molecular complexity index is 986. The lowest BCUT2D eigenvalue weighted by Crippen LogP contribution is -2.50. The Morgan fingerprint density at radius 1 is 1.36 bits per heavy atom. The Morgan fingerprint density at radius 2 is 2.14 bits per heavy atom. The van der Waals surface area contributed by atoms with E-state index in [1.54, 1.807) is 4.68 Å². The number of aromatic nitrogens is 5.